The van der Waals surface area contributed by atoms with Gasteiger partial charge in [0.15, 0.2) is 6.10 Å². The summed E-state index contributed by atoms with van der Waals surface area (Å²) >= 11 is 0. The Morgan fingerprint density at radius 2 is 0.564 bits per heavy atom. The normalized spacial score (nSPS) is 13.3. The van der Waals surface area contributed by atoms with Crippen molar-refractivity contribution in [3.05, 3.63) is 134 Å². The van der Waals surface area contributed by atoms with Crippen LogP contribution < -0.4 is 0 Å². The summed E-state index contributed by atoms with van der Waals surface area (Å²) in [7, 11) is 5.98. The van der Waals surface area contributed by atoms with Crippen molar-refractivity contribution in [3.63, 3.8) is 0 Å². The molecule has 2 atom stereocenters. The fourth-order valence-corrected chi connectivity index (χ4v) is 12.0. The molecule has 0 fully saturated rings. The molecule has 0 heterocycles. The minimum atomic E-state index is -1.52. The maximum absolute atomic E-state index is 13.0. The summed E-state index contributed by atoms with van der Waals surface area (Å²) in [6.45, 7) is 4.78. The molecule has 9 heteroatoms. The van der Waals surface area contributed by atoms with Crippen molar-refractivity contribution in [1.29, 1.82) is 0 Å². The summed E-state index contributed by atoms with van der Waals surface area (Å²) in [6.07, 6.45) is 115. The quantitative estimate of drug-likeness (QED) is 0.0211. The standard InChI is InChI=1S/C92H159NO8/c1-6-8-10-12-14-16-18-20-22-24-26-28-30-32-34-36-38-40-42-44-45-47-49-51-53-55-57-59-61-63-65-67-69-71-73-75-77-79-81-83-90(95)101-88(87-100-92(91(96)97)98-85-84-93(3,4)5)86-99-89(94)82-80-78-76-74-72-70-68-66-64-62-60-58-56-54-52-50-48-46-43-41-39-37-35-33-31-29-27-25-23-21-19-17-15-13-11-9-7-2/h8,10,14,16,20,22,26,28,32,34,38,40,44-45,49,51,55,57,61,63,67,69,88,92H,6-7,9,11-13,15,17-19,21,23-25,27,29-31,33,35-37,39,41-43,46-48,50,52-54,56,58-60,62,64-66,68,70-87H2,1-5H3/p+1/b10-8-,16-14-,22-20-,28-26-,34-32-,40-38-,45-44-,51-49-,57-55-,63-61-,69-67-. The lowest BCUT2D eigenvalue weighted by atomic mass is 10.0. The van der Waals surface area contributed by atoms with Crippen molar-refractivity contribution >= 4 is 17.9 Å². The van der Waals surface area contributed by atoms with Crippen molar-refractivity contribution < 1.29 is 42.9 Å². The van der Waals surface area contributed by atoms with Gasteiger partial charge in [0.25, 0.3) is 6.29 Å². The summed E-state index contributed by atoms with van der Waals surface area (Å²) in [5.41, 5.74) is 0. The summed E-state index contributed by atoms with van der Waals surface area (Å²) in [6, 6.07) is 0. The third-order valence-corrected chi connectivity index (χ3v) is 18.4. The number of unbranched alkanes of at least 4 members (excludes halogenated alkanes) is 41. The van der Waals surface area contributed by atoms with Crippen molar-refractivity contribution in [1.82, 2.24) is 0 Å². The Bertz CT molecular complexity index is 2130. The van der Waals surface area contributed by atoms with Gasteiger partial charge in [0.05, 0.1) is 34.4 Å². The van der Waals surface area contributed by atoms with Crippen molar-refractivity contribution in [2.24, 2.45) is 0 Å². The molecular weight excluding hydrogens is 1250 g/mol. The van der Waals surface area contributed by atoms with E-state index in [9.17, 15) is 19.5 Å². The van der Waals surface area contributed by atoms with Gasteiger partial charge >= 0.3 is 17.9 Å². The van der Waals surface area contributed by atoms with Crippen LogP contribution >= 0.6 is 0 Å². The van der Waals surface area contributed by atoms with Crippen LogP contribution in [0.4, 0.5) is 0 Å². The van der Waals surface area contributed by atoms with Gasteiger partial charge in [0, 0.05) is 12.8 Å². The number of rotatable bonds is 78. The van der Waals surface area contributed by atoms with Crippen LogP contribution in [0.15, 0.2) is 134 Å². The lowest BCUT2D eigenvalue weighted by Gasteiger charge is -2.25. The fourth-order valence-electron chi connectivity index (χ4n) is 12.0. The summed E-state index contributed by atoms with van der Waals surface area (Å²) in [4.78, 5) is 37.8. The topological polar surface area (TPSA) is 108 Å². The summed E-state index contributed by atoms with van der Waals surface area (Å²) in [5, 5.41) is 9.78. The van der Waals surface area contributed by atoms with Gasteiger partial charge in [0.1, 0.15) is 13.2 Å². The highest BCUT2D eigenvalue weighted by atomic mass is 16.7. The Balaban J connectivity index is 4.07. The Hall–Kier alpha value is -4.57. The van der Waals surface area contributed by atoms with Gasteiger partial charge in [-0.05, 0) is 96.3 Å². The molecule has 0 rings (SSSR count). The van der Waals surface area contributed by atoms with E-state index in [1.807, 2.05) is 21.1 Å². The number of hydrogen-bond acceptors (Lipinski definition) is 7. The molecule has 0 aliphatic rings. The van der Waals surface area contributed by atoms with Crippen LogP contribution in [0.5, 0.6) is 0 Å². The Labute approximate surface area is 624 Å². The van der Waals surface area contributed by atoms with Crippen LogP contribution in [0.1, 0.15) is 373 Å². The minimum Gasteiger partial charge on any atom is -0.477 e. The molecule has 9 nitrogen and oxygen atoms in total. The zero-order valence-electron chi connectivity index (χ0n) is 66.5. The minimum absolute atomic E-state index is 0.179. The van der Waals surface area contributed by atoms with Crippen LogP contribution in [0.3, 0.4) is 0 Å². The molecule has 0 aromatic rings. The number of hydrogen-bond donors (Lipinski definition) is 1. The molecule has 0 aromatic heterocycles. The molecule has 0 spiro atoms. The predicted molar refractivity (Wildman–Crippen MR) is 438 cm³/mol. The van der Waals surface area contributed by atoms with Gasteiger partial charge in [-0.15, -0.1) is 0 Å². The molecular formula is C92H160NO8+. The van der Waals surface area contributed by atoms with Crippen molar-refractivity contribution in [2.75, 3.05) is 47.5 Å². The number of carboxylic acid groups (broad SMARTS) is 1. The molecule has 0 saturated heterocycles. The van der Waals surface area contributed by atoms with E-state index in [0.29, 0.717) is 23.9 Å². The largest absolute Gasteiger partial charge is 0.477 e. The molecule has 0 bridgehead atoms. The third-order valence-electron chi connectivity index (χ3n) is 18.4. The molecule has 0 amide bonds. The number of aliphatic carboxylic acids is 1. The lowest BCUT2D eigenvalue weighted by molar-refractivity contribution is -0.870. The number of esters is 2. The highest BCUT2D eigenvalue weighted by molar-refractivity contribution is 5.71. The predicted octanol–water partition coefficient (Wildman–Crippen LogP) is 27.6. The third kappa shape index (κ3) is 82.6. The molecule has 0 aliphatic heterocycles. The number of carbonyl (C=O) groups is 3. The Morgan fingerprint density at radius 3 is 0.842 bits per heavy atom. The number of ether oxygens (including phenoxy) is 4. The van der Waals surface area contributed by atoms with E-state index in [0.717, 1.165) is 122 Å². The van der Waals surface area contributed by atoms with E-state index in [2.05, 4.69) is 148 Å². The maximum atomic E-state index is 13.0. The first-order valence-electron chi connectivity index (χ1n) is 42.3. The zero-order valence-corrected chi connectivity index (χ0v) is 66.5. The number of allylic oxidation sites excluding steroid dienone is 22. The zero-order chi connectivity index (χ0) is 73.2. The maximum Gasteiger partial charge on any atom is 0.361 e. The van der Waals surface area contributed by atoms with Crippen LogP contribution in [-0.2, 0) is 33.3 Å². The Morgan fingerprint density at radius 1 is 0.307 bits per heavy atom. The average molecular weight is 1410 g/mol. The van der Waals surface area contributed by atoms with Crippen LogP contribution in [-0.4, -0.2) is 87.4 Å². The average Bonchev–Trinajstić information content (AvgIpc) is 1.21. The van der Waals surface area contributed by atoms with E-state index in [1.165, 1.54) is 218 Å². The number of quaternary nitrogens is 1. The van der Waals surface area contributed by atoms with Gasteiger partial charge in [-0.3, -0.25) is 9.59 Å². The first-order chi connectivity index (χ1) is 49.6. The number of carboxylic acids is 1. The van der Waals surface area contributed by atoms with Gasteiger partial charge in [0.2, 0.25) is 0 Å². The molecule has 0 radical (unpaired) electrons. The second-order valence-electron chi connectivity index (χ2n) is 29.4. The smallest absolute Gasteiger partial charge is 0.361 e. The monoisotopic (exact) mass is 1410 g/mol. The Kier molecular flexibility index (Phi) is 77.4. The molecule has 1 N–H and O–H groups in total. The lowest BCUT2D eigenvalue weighted by Crippen LogP contribution is -2.40. The molecule has 0 aliphatic carbocycles. The van der Waals surface area contributed by atoms with Crippen molar-refractivity contribution in [2.45, 2.75) is 386 Å². The van der Waals surface area contributed by atoms with Crippen molar-refractivity contribution in [3.8, 4) is 0 Å². The summed E-state index contributed by atoms with van der Waals surface area (Å²) in [5.74, 6) is -2.02. The van der Waals surface area contributed by atoms with E-state index < -0.39 is 24.3 Å². The number of carbonyl (C=O) groups excluding carboxylic acids is 2. The van der Waals surface area contributed by atoms with Crippen LogP contribution in [0.2, 0.25) is 0 Å². The molecule has 580 valence electrons. The molecule has 2 unspecified atom stereocenters. The first kappa shape index (κ1) is 96.4. The van der Waals surface area contributed by atoms with Gasteiger partial charge in [-0.2, -0.15) is 0 Å². The first-order valence-corrected chi connectivity index (χ1v) is 42.3. The van der Waals surface area contributed by atoms with Gasteiger partial charge in [-0.1, -0.05) is 398 Å². The second-order valence-corrected chi connectivity index (χ2v) is 29.4. The molecule has 0 saturated carbocycles. The van der Waals surface area contributed by atoms with E-state index in [4.69, 9.17) is 18.9 Å². The summed E-state index contributed by atoms with van der Waals surface area (Å²) < 4.78 is 23.0. The van der Waals surface area contributed by atoms with E-state index in [-0.39, 0.29) is 32.2 Å². The molecule has 101 heavy (non-hydrogen) atoms. The highest BCUT2D eigenvalue weighted by Gasteiger charge is 2.25. The van der Waals surface area contributed by atoms with Crippen LogP contribution in [0, 0.1) is 0 Å². The fraction of sp³-hybridized carbons (Fsp3) is 0.728. The van der Waals surface area contributed by atoms with Gasteiger partial charge < -0.3 is 28.5 Å². The van der Waals surface area contributed by atoms with Crippen LogP contribution in [0.25, 0.3) is 0 Å². The number of nitrogens with zero attached hydrogens (tertiary/aromatic N) is 1. The van der Waals surface area contributed by atoms with Gasteiger partial charge in [-0.25, -0.2) is 4.79 Å². The molecule has 0 aromatic carbocycles. The second kappa shape index (κ2) is 81.1. The van der Waals surface area contributed by atoms with E-state index in [1.54, 1.807) is 0 Å². The SMILES string of the molecule is CC/C=C\C/C=C\C/C=C\C/C=C\C/C=C\C/C=C\C/C=C\C/C=C\C/C=C\C/C=C\C/C=C\CCCCCCCC(=O)OC(COC(=O)CCCCCCCCCCCCCCCCCCCCCCCCCCCCCCCCCCCCCCC)COC(OCC[N+](C)(C)C)C(=O)O. The number of likely N-dealkylation sites (N-methyl/N-ethyl adjacent to an activating group) is 1. The highest BCUT2D eigenvalue weighted by Crippen LogP contribution is 2.19. The van der Waals surface area contributed by atoms with E-state index >= 15 is 0 Å².